The molecule has 4 nitrogen and oxygen atoms in total. The van der Waals surface area contributed by atoms with Crippen LogP contribution in [0.1, 0.15) is 11.1 Å². The number of nitrogens with zero attached hydrogens (tertiary/aromatic N) is 2. The predicted octanol–water partition coefficient (Wildman–Crippen LogP) is 10.0. The van der Waals surface area contributed by atoms with E-state index in [2.05, 4.69) is 31.9 Å². The molecule has 1 aliphatic heterocycles. The summed E-state index contributed by atoms with van der Waals surface area (Å²) < 4.78 is 20.6. The molecule has 1 heterocycles. The first-order chi connectivity index (χ1) is 18.8. The van der Waals surface area contributed by atoms with Crippen molar-refractivity contribution in [3.8, 4) is 5.75 Å². The van der Waals surface area contributed by atoms with E-state index in [4.69, 9.17) is 32.9 Å². The van der Waals surface area contributed by atoms with E-state index in [-0.39, 0.29) is 18.3 Å². The quantitative estimate of drug-likeness (QED) is 0.188. The van der Waals surface area contributed by atoms with E-state index in [1.165, 1.54) is 23.9 Å². The fourth-order valence-corrected chi connectivity index (χ4v) is 6.38. The van der Waals surface area contributed by atoms with Crippen LogP contribution in [0.2, 0.25) is 10.0 Å². The highest BCUT2D eigenvalue weighted by atomic mass is 79.9. The molecule has 4 aromatic rings. The van der Waals surface area contributed by atoms with Gasteiger partial charge in [-0.05, 0) is 134 Å². The number of hydrogen-bond acceptors (Lipinski definition) is 4. The first-order valence-corrected chi connectivity index (χ1v) is 14.6. The highest BCUT2D eigenvalue weighted by molar-refractivity contribution is 9.11. The number of thioether (sulfide) groups is 1. The molecule has 0 aliphatic carbocycles. The lowest BCUT2D eigenvalue weighted by Gasteiger charge is -2.15. The summed E-state index contributed by atoms with van der Waals surface area (Å²) in [6.45, 7) is 0.271. The van der Waals surface area contributed by atoms with Crippen LogP contribution in [0.25, 0.3) is 6.08 Å². The van der Waals surface area contributed by atoms with Crippen LogP contribution in [0.5, 0.6) is 5.75 Å². The summed E-state index contributed by atoms with van der Waals surface area (Å²) in [5, 5.41) is 1.68. The Balaban J connectivity index is 1.44. The Labute approximate surface area is 255 Å². The summed E-state index contributed by atoms with van der Waals surface area (Å²) in [6.07, 6.45) is 1.81. The second-order valence-electron chi connectivity index (χ2n) is 8.33. The maximum Gasteiger partial charge on any atom is 0.271 e. The van der Waals surface area contributed by atoms with Gasteiger partial charge in [-0.2, -0.15) is 0 Å². The Hall–Kier alpha value is -2.62. The van der Waals surface area contributed by atoms with Gasteiger partial charge in [0.1, 0.15) is 18.2 Å². The molecule has 39 heavy (non-hydrogen) atoms. The van der Waals surface area contributed by atoms with Crippen LogP contribution in [0, 0.1) is 5.82 Å². The molecule has 0 unspecified atom stereocenters. The van der Waals surface area contributed by atoms with Crippen molar-refractivity contribution in [1.82, 2.24) is 0 Å². The van der Waals surface area contributed by atoms with Crippen LogP contribution >= 0.6 is 66.8 Å². The first-order valence-electron chi connectivity index (χ1n) is 11.5. The summed E-state index contributed by atoms with van der Waals surface area (Å²) in [5.74, 6) is 0.0902. The Morgan fingerprint density at radius 2 is 1.49 bits per heavy atom. The second-order valence-corrected chi connectivity index (χ2v) is 11.9. The molecule has 0 spiro atoms. The van der Waals surface area contributed by atoms with Crippen LogP contribution < -0.4 is 9.64 Å². The molecule has 5 rings (SSSR count). The van der Waals surface area contributed by atoms with Crippen LogP contribution in [0.4, 0.5) is 15.8 Å². The number of aliphatic imine (C=N–C) groups is 1. The minimum Gasteiger partial charge on any atom is -0.487 e. The molecule has 1 amide bonds. The zero-order valence-corrected chi connectivity index (χ0v) is 25.4. The number of halogens is 5. The van der Waals surface area contributed by atoms with Crippen LogP contribution in [0.3, 0.4) is 0 Å². The molecular formula is C29H17Br2Cl2FN2O2S. The molecule has 196 valence electrons. The van der Waals surface area contributed by atoms with Crippen molar-refractivity contribution in [2.45, 2.75) is 6.61 Å². The van der Waals surface area contributed by atoms with Crippen molar-refractivity contribution in [3.63, 3.8) is 0 Å². The van der Waals surface area contributed by atoms with Gasteiger partial charge in [-0.3, -0.25) is 9.69 Å². The summed E-state index contributed by atoms with van der Waals surface area (Å²) in [7, 11) is 0. The van der Waals surface area contributed by atoms with Crippen LogP contribution in [-0.4, -0.2) is 11.1 Å². The van der Waals surface area contributed by atoms with Crippen molar-refractivity contribution < 1.29 is 13.9 Å². The van der Waals surface area contributed by atoms with Gasteiger partial charge >= 0.3 is 0 Å². The fourth-order valence-electron chi connectivity index (χ4n) is 3.68. The van der Waals surface area contributed by atoms with E-state index in [9.17, 15) is 9.18 Å². The van der Waals surface area contributed by atoms with Crippen molar-refractivity contribution in [2.24, 2.45) is 4.99 Å². The highest BCUT2D eigenvalue weighted by Gasteiger charge is 2.35. The number of amidine groups is 1. The lowest BCUT2D eigenvalue weighted by atomic mass is 10.2. The molecule has 1 fully saturated rings. The average molecular weight is 707 g/mol. The van der Waals surface area contributed by atoms with E-state index < -0.39 is 0 Å². The molecule has 10 heteroatoms. The van der Waals surface area contributed by atoms with E-state index in [0.29, 0.717) is 46.2 Å². The number of ether oxygens (including phenoxy) is 1. The van der Waals surface area contributed by atoms with Gasteiger partial charge in [0.2, 0.25) is 0 Å². The number of carbonyl (C=O) groups excluding carboxylic acids is 1. The maximum absolute atomic E-state index is 13.6. The SMILES string of the molecule is O=C1/C(=C/c2cc(Br)c(OCc3ccc(F)cc3)c(Br)c2)SC(=Nc2ccc(Cl)cc2)N1c1ccc(Cl)cc1. The second kappa shape index (κ2) is 12.3. The first kappa shape index (κ1) is 27.9. The van der Waals surface area contributed by atoms with Gasteiger partial charge in [0.05, 0.1) is 25.2 Å². The largest absolute Gasteiger partial charge is 0.487 e. The Bertz CT molecular complexity index is 1570. The number of amides is 1. The highest BCUT2D eigenvalue weighted by Crippen LogP contribution is 2.40. The topological polar surface area (TPSA) is 41.9 Å². The molecule has 0 saturated carbocycles. The number of hydrogen-bond donors (Lipinski definition) is 0. The number of anilines is 1. The van der Waals surface area contributed by atoms with E-state index in [0.717, 1.165) is 11.1 Å². The normalized spacial score (nSPS) is 15.4. The van der Waals surface area contributed by atoms with E-state index >= 15 is 0 Å². The van der Waals surface area contributed by atoms with Crippen molar-refractivity contribution >= 4 is 95.3 Å². The molecule has 0 atom stereocenters. The van der Waals surface area contributed by atoms with Gasteiger partial charge in [0.25, 0.3) is 5.91 Å². The minimum atomic E-state index is -0.297. The number of benzene rings is 4. The third kappa shape index (κ3) is 6.76. The molecular weight excluding hydrogens is 690 g/mol. The van der Waals surface area contributed by atoms with Gasteiger partial charge in [0.15, 0.2) is 5.17 Å². The zero-order valence-electron chi connectivity index (χ0n) is 19.9. The molecule has 0 radical (unpaired) electrons. The minimum absolute atomic E-state index is 0.209. The summed E-state index contributed by atoms with van der Waals surface area (Å²) >= 11 is 20.5. The van der Waals surface area contributed by atoms with E-state index in [1.54, 1.807) is 71.6 Å². The molecule has 0 aromatic heterocycles. The number of carbonyl (C=O) groups is 1. The summed E-state index contributed by atoms with van der Waals surface area (Å²) in [5.41, 5.74) is 2.94. The standard InChI is InChI=1S/C29H17Br2Cl2FN2O2S/c30-24-13-18(14-25(31)27(24)38-16-17-1-7-21(34)8-2-17)15-26-28(37)36(23-11-5-20(33)6-12-23)29(39-26)35-22-9-3-19(32)4-10-22/h1-15H,16H2/b26-15-,35-29?. The fraction of sp³-hybridized carbons (Fsp3) is 0.0345. The van der Waals surface area contributed by atoms with E-state index in [1.807, 2.05) is 12.1 Å². The summed E-state index contributed by atoms with van der Waals surface area (Å²) in [4.78, 5) is 20.4. The average Bonchev–Trinajstić information content (AvgIpc) is 3.20. The Morgan fingerprint density at radius 1 is 0.897 bits per heavy atom. The monoisotopic (exact) mass is 704 g/mol. The molecule has 1 saturated heterocycles. The number of rotatable bonds is 6. The lowest BCUT2D eigenvalue weighted by molar-refractivity contribution is -0.113. The molecule has 1 aliphatic rings. The third-order valence-corrected chi connectivity index (χ3v) is 8.21. The Kier molecular flexibility index (Phi) is 8.79. The van der Waals surface area contributed by atoms with Crippen molar-refractivity contribution in [3.05, 3.63) is 126 Å². The maximum atomic E-state index is 13.6. The van der Waals surface area contributed by atoms with Gasteiger partial charge in [0, 0.05) is 10.0 Å². The molecule has 4 aromatic carbocycles. The molecule has 0 N–H and O–H groups in total. The van der Waals surface area contributed by atoms with Gasteiger partial charge in [-0.25, -0.2) is 9.38 Å². The predicted molar refractivity (Wildman–Crippen MR) is 166 cm³/mol. The summed E-state index contributed by atoms with van der Waals surface area (Å²) in [6, 6.07) is 24.0. The lowest BCUT2D eigenvalue weighted by Crippen LogP contribution is -2.28. The van der Waals surface area contributed by atoms with Crippen LogP contribution in [-0.2, 0) is 11.4 Å². The van der Waals surface area contributed by atoms with Gasteiger partial charge in [-0.1, -0.05) is 35.3 Å². The Morgan fingerprint density at radius 3 is 2.10 bits per heavy atom. The van der Waals surface area contributed by atoms with Crippen molar-refractivity contribution in [2.75, 3.05) is 4.90 Å². The smallest absolute Gasteiger partial charge is 0.271 e. The van der Waals surface area contributed by atoms with Crippen molar-refractivity contribution in [1.29, 1.82) is 0 Å². The van der Waals surface area contributed by atoms with Gasteiger partial charge < -0.3 is 4.74 Å². The molecule has 0 bridgehead atoms. The van der Waals surface area contributed by atoms with Gasteiger partial charge in [-0.15, -0.1) is 0 Å². The van der Waals surface area contributed by atoms with Crippen LogP contribution in [0.15, 0.2) is 104 Å². The zero-order chi connectivity index (χ0) is 27.5. The third-order valence-electron chi connectivity index (χ3n) is 5.56.